The van der Waals surface area contributed by atoms with Gasteiger partial charge in [-0.1, -0.05) is 37.8 Å². The number of halogens is 2. The lowest BCUT2D eigenvalue weighted by Gasteiger charge is -2.31. The number of nitrogens with zero attached hydrogens (tertiary/aromatic N) is 1. The summed E-state index contributed by atoms with van der Waals surface area (Å²) in [5.41, 5.74) is -1.52. The van der Waals surface area contributed by atoms with Crippen LogP contribution in [0.3, 0.4) is 0 Å². The molecule has 6 heteroatoms. The molecule has 1 aliphatic carbocycles. The Morgan fingerprint density at radius 1 is 1.39 bits per heavy atom. The Morgan fingerprint density at radius 2 is 2.06 bits per heavy atom. The molecule has 0 aliphatic heterocycles. The summed E-state index contributed by atoms with van der Waals surface area (Å²) in [5, 5.41) is -0.509. The van der Waals surface area contributed by atoms with Crippen LogP contribution < -0.4 is 11.2 Å². The fourth-order valence-corrected chi connectivity index (χ4v) is 2.97. The molecule has 100 valence electrons. The third-order valence-corrected chi connectivity index (χ3v) is 4.02. The van der Waals surface area contributed by atoms with E-state index < -0.39 is 22.2 Å². The van der Waals surface area contributed by atoms with Crippen molar-refractivity contribution in [3.8, 4) is 0 Å². The van der Waals surface area contributed by atoms with Gasteiger partial charge in [-0.15, -0.1) is 0 Å². The second kappa shape index (κ2) is 5.26. The average Bonchev–Trinajstić information content (AvgIpc) is 2.37. The molecule has 2 atom stereocenters. The number of hydrogen-bond donors (Lipinski definition) is 1. The minimum absolute atomic E-state index is 0.216. The van der Waals surface area contributed by atoms with Gasteiger partial charge in [-0.05, 0) is 18.8 Å². The predicted molar refractivity (Wildman–Crippen MR) is 67.6 cm³/mol. The van der Waals surface area contributed by atoms with E-state index in [1.165, 1.54) is 0 Å². The third-order valence-electron chi connectivity index (χ3n) is 3.76. The SMILES string of the molecule is CCC1CCCCC1n1c(=O)[nH]c(Cl)c(F)c1=O. The number of aromatic nitrogens is 2. The van der Waals surface area contributed by atoms with Crippen LogP contribution in [0.1, 0.15) is 45.1 Å². The van der Waals surface area contributed by atoms with Crippen LogP contribution in [0.25, 0.3) is 0 Å². The van der Waals surface area contributed by atoms with Crippen molar-refractivity contribution in [3.63, 3.8) is 0 Å². The van der Waals surface area contributed by atoms with Crippen LogP contribution in [0.4, 0.5) is 4.39 Å². The van der Waals surface area contributed by atoms with Crippen molar-refractivity contribution < 1.29 is 4.39 Å². The van der Waals surface area contributed by atoms with E-state index in [2.05, 4.69) is 4.98 Å². The van der Waals surface area contributed by atoms with Gasteiger partial charge in [0.2, 0.25) is 5.82 Å². The van der Waals surface area contributed by atoms with E-state index in [4.69, 9.17) is 11.6 Å². The van der Waals surface area contributed by atoms with Crippen LogP contribution in [0.2, 0.25) is 5.15 Å². The second-order valence-electron chi connectivity index (χ2n) is 4.75. The van der Waals surface area contributed by atoms with Gasteiger partial charge in [0.1, 0.15) is 0 Å². The molecule has 1 aromatic heterocycles. The van der Waals surface area contributed by atoms with E-state index in [1.807, 2.05) is 6.92 Å². The quantitative estimate of drug-likeness (QED) is 0.843. The second-order valence-corrected chi connectivity index (χ2v) is 5.13. The average molecular weight is 275 g/mol. The summed E-state index contributed by atoms with van der Waals surface area (Å²) < 4.78 is 14.5. The fourth-order valence-electron chi connectivity index (χ4n) is 2.81. The van der Waals surface area contributed by atoms with Gasteiger partial charge in [-0.2, -0.15) is 4.39 Å². The van der Waals surface area contributed by atoms with Gasteiger partial charge in [0, 0.05) is 6.04 Å². The van der Waals surface area contributed by atoms with Crippen LogP contribution in [-0.4, -0.2) is 9.55 Å². The van der Waals surface area contributed by atoms with E-state index in [9.17, 15) is 14.0 Å². The molecular weight excluding hydrogens is 259 g/mol. The molecule has 1 saturated carbocycles. The first-order chi connectivity index (χ1) is 8.56. The summed E-state index contributed by atoms with van der Waals surface area (Å²) in [7, 11) is 0. The number of H-pyrrole nitrogens is 1. The standard InChI is InChI=1S/C12H16ClFN2O2/c1-2-7-5-3-4-6-8(7)16-11(17)9(14)10(13)15-12(16)18/h7-8H,2-6H2,1H3,(H,15,18). The van der Waals surface area contributed by atoms with Crippen molar-refractivity contribution >= 4 is 11.6 Å². The molecule has 2 unspecified atom stereocenters. The first-order valence-corrected chi connectivity index (χ1v) is 6.63. The Bertz CT molecular complexity index is 552. The van der Waals surface area contributed by atoms with E-state index in [0.717, 1.165) is 36.7 Å². The maximum Gasteiger partial charge on any atom is 0.329 e. The molecule has 1 heterocycles. The van der Waals surface area contributed by atoms with Crippen molar-refractivity contribution in [2.75, 3.05) is 0 Å². The van der Waals surface area contributed by atoms with E-state index in [1.54, 1.807) is 0 Å². The van der Waals surface area contributed by atoms with Gasteiger partial charge >= 0.3 is 5.69 Å². The minimum Gasteiger partial charge on any atom is -0.295 e. The fraction of sp³-hybridized carbons (Fsp3) is 0.667. The van der Waals surface area contributed by atoms with Crippen LogP contribution in [0, 0.1) is 11.7 Å². The molecule has 0 amide bonds. The lowest BCUT2D eigenvalue weighted by molar-refractivity contribution is 0.219. The molecule has 18 heavy (non-hydrogen) atoms. The van der Waals surface area contributed by atoms with Crippen LogP contribution in [0.15, 0.2) is 9.59 Å². The molecule has 0 saturated heterocycles. The number of rotatable bonds is 2. The predicted octanol–water partition coefficient (Wildman–Crippen LogP) is 2.47. The van der Waals surface area contributed by atoms with Crippen LogP contribution in [0.5, 0.6) is 0 Å². The highest BCUT2D eigenvalue weighted by molar-refractivity contribution is 6.29. The van der Waals surface area contributed by atoms with Gasteiger partial charge in [-0.25, -0.2) is 4.79 Å². The molecule has 2 rings (SSSR count). The van der Waals surface area contributed by atoms with Crippen molar-refractivity contribution in [1.82, 2.24) is 9.55 Å². The Labute approximate surface area is 109 Å². The summed E-state index contributed by atoms with van der Waals surface area (Å²) in [6, 6.07) is -0.216. The van der Waals surface area contributed by atoms with Crippen molar-refractivity contribution in [2.45, 2.75) is 45.1 Å². The molecular formula is C12H16ClFN2O2. The zero-order valence-corrected chi connectivity index (χ0v) is 11.0. The maximum atomic E-state index is 13.5. The van der Waals surface area contributed by atoms with Gasteiger partial charge < -0.3 is 0 Å². The first-order valence-electron chi connectivity index (χ1n) is 6.26. The van der Waals surface area contributed by atoms with Crippen LogP contribution in [-0.2, 0) is 0 Å². The Morgan fingerprint density at radius 3 is 2.72 bits per heavy atom. The third kappa shape index (κ3) is 2.23. The highest BCUT2D eigenvalue weighted by Crippen LogP contribution is 2.34. The Kier molecular flexibility index (Phi) is 3.90. The molecule has 1 aliphatic rings. The van der Waals surface area contributed by atoms with Crippen molar-refractivity contribution in [3.05, 3.63) is 31.8 Å². The molecule has 0 aromatic carbocycles. The van der Waals surface area contributed by atoms with E-state index in [-0.39, 0.29) is 12.0 Å². The summed E-state index contributed by atoms with van der Waals surface area (Å²) in [4.78, 5) is 25.9. The zero-order chi connectivity index (χ0) is 13.3. The number of aromatic amines is 1. The van der Waals surface area contributed by atoms with Gasteiger partial charge in [0.25, 0.3) is 5.56 Å². The smallest absolute Gasteiger partial charge is 0.295 e. The van der Waals surface area contributed by atoms with E-state index in [0.29, 0.717) is 0 Å². The minimum atomic E-state index is -1.07. The van der Waals surface area contributed by atoms with Gasteiger partial charge in [0.15, 0.2) is 5.15 Å². The van der Waals surface area contributed by atoms with E-state index >= 15 is 0 Å². The molecule has 1 aromatic rings. The number of hydrogen-bond acceptors (Lipinski definition) is 2. The summed E-state index contributed by atoms with van der Waals surface area (Å²) >= 11 is 5.46. The highest BCUT2D eigenvalue weighted by atomic mass is 35.5. The lowest BCUT2D eigenvalue weighted by atomic mass is 9.83. The molecule has 0 radical (unpaired) electrons. The molecule has 1 N–H and O–H groups in total. The Hall–Kier alpha value is -1.10. The summed E-state index contributed by atoms with van der Waals surface area (Å²) in [5.74, 6) is -0.824. The normalized spacial score (nSPS) is 24.2. The molecule has 0 spiro atoms. The highest BCUT2D eigenvalue weighted by Gasteiger charge is 2.28. The monoisotopic (exact) mass is 274 g/mol. The lowest BCUT2D eigenvalue weighted by Crippen LogP contribution is -2.43. The molecule has 0 bridgehead atoms. The molecule has 1 fully saturated rings. The topological polar surface area (TPSA) is 54.9 Å². The van der Waals surface area contributed by atoms with Crippen molar-refractivity contribution in [2.24, 2.45) is 5.92 Å². The van der Waals surface area contributed by atoms with Gasteiger partial charge in [-0.3, -0.25) is 14.3 Å². The Balaban J connectivity index is 2.53. The summed E-state index contributed by atoms with van der Waals surface area (Å²) in [6.45, 7) is 2.02. The zero-order valence-electron chi connectivity index (χ0n) is 10.2. The van der Waals surface area contributed by atoms with Crippen LogP contribution >= 0.6 is 11.6 Å². The number of nitrogens with one attached hydrogen (secondary N) is 1. The first kappa shape index (κ1) is 13.3. The van der Waals surface area contributed by atoms with Crippen molar-refractivity contribution in [1.29, 1.82) is 0 Å². The summed E-state index contributed by atoms with van der Waals surface area (Å²) in [6.07, 6.45) is 4.63. The largest absolute Gasteiger partial charge is 0.329 e. The maximum absolute atomic E-state index is 13.5. The molecule has 4 nitrogen and oxygen atoms in total. The van der Waals surface area contributed by atoms with Gasteiger partial charge in [0.05, 0.1) is 0 Å².